The van der Waals surface area contributed by atoms with Crippen LogP contribution in [0.1, 0.15) is 28.8 Å². The van der Waals surface area contributed by atoms with Crippen molar-refractivity contribution >= 4 is 33.2 Å². The summed E-state index contributed by atoms with van der Waals surface area (Å²) in [7, 11) is -3.85. The fourth-order valence-corrected chi connectivity index (χ4v) is 5.22. The van der Waals surface area contributed by atoms with Crippen molar-refractivity contribution in [2.75, 3.05) is 24.6 Å². The van der Waals surface area contributed by atoms with Crippen LogP contribution in [0.5, 0.6) is 0 Å². The number of carbonyl (C=O) groups excluding carboxylic acids is 1. The molecule has 2 aromatic carbocycles. The third-order valence-corrected chi connectivity index (χ3v) is 7.03. The molecule has 8 heteroatoms. The number of halogens is 1. The van der Waals surface area contributed by atoms with Crippen molar-refractivity contribution in [1.29, 1.82) is 0 Å². The molecule has 1 atom stereocenters. The molecule has 0 bridgehead atoms. The van der Waals surface area contributed by atoms with Crippen molar-refractivity contribution in [3.8, 4) is 0 Å². The molecule has 28 heavy (non-hydrogen) atoms. The number of para-hydroxylation sites is 1. The van der Waals surface area contributed by atoms with Crippen LogP contribution in [-0.2, 0) is 21.2 Å². The van der Waals surface area contributed by atoms with E-state index in [1.165, 1.54) is 12.1 Å². The Morgan fingerprint density at radius 2 is 2.07 bits per heavy atom. The first-order chi connectivity index (χ1) is 13.5. The molecule has 0 radical (unpaired) electrons. The summed E-state index contributed by atoms with van der Waals surface area (Å²) in [5, 5.41) is 0.0817. The number of carbonyl (C=O) groups is 1. The van der Waals surface area contributed by atoms with Crippen LogP contribution in [0.3, 0.4) is 0 Å². The molecule has 0 aliphatic carbocycles. The van der Waals surface area contributed by atoms with Gasteiger partial charge in [0.25, 0.3) is 5.91 Å². The van der Waals surface area contributed by atoms with Gasteiger partial charge in [0.15, 0.2) is 0 Å². The normalized spacial score (nSPS) is 19.0. The van der Waals surface area contributed by atoms with Crippen LogP contribution < -0.4 is 9.62 Å². The Morgan fingerprint density at radius 3 is 2.86 bits per heavy atom. The van der Waals surface area contributed by atoms with Gasteiger partial charge < -0.3 is 9.64 Å². The smallest absolute Gasteiger partial charge is 0.258 e. The predicted octanol–water partition coefficient (Wildman–Crippen LogP) is 3.00. The highest BCUT2D eigenvalue weighted by Gasteiger charge is 2.28. The van der Waals surface area contributed by atoms with Gasteiger partial charge >= 0.3 is 0 Å². The third-order valence-electron chi connectivity index (χ3n) is 5.12. The minimum absolute atomic E-state index is 0.0817. The van der Waals surface area contributed by atoms with Crippen LogP contribution in [0.25, 0.3) is 0 Å². The Morgan fingerprint density at radius 1 is 1.25 bits per heavy atom. The molecule has 0 saturated carbocycles. The van der Waals surface area contributed by atoms with Gasteiger partial charge in [-0.2, -0.15) is 0 Å². The molecule has 2 heterocycles. The standard InChI is InChI=1S/C20H21ClN2O4S/c21-17-8-7-15(20(24)23-10-9-14-4-1-2-6-18(14)23)12-19(17)28(25,26)22-13-16-5-3-11-27-16/h1-2,4,6-8,12,16,22H,3,5,9-11,13H2/t16-/m1/s1. The molecule has 0 spiro atoms. The SMILES string of the molecule is O=C(c1ccc(Cl)c(S(=O)(=O)NC[C@H]2CCCO2)c1)N1CCc2ccccc21. The Kier molecular flexibility index (Phi) is 5.42. The number of anilines is 1. The number of nitrogens with one attached hydrogen (secondary N) is 1. The molecule has 0 aromatic heterocycles. The molecule has 148 valence electrons. The quantitative estimate of drug-likeness (QED) is 0.806. The first kappa shape index (κ1) is 19.4. The first-order valence-electron chi connectivity index (χ1n) is 9.26. The van der Waals surface area contributed by atoms with E-state index in [0.29, 0.717) is 18.7 Å². The van der Waals surface area contributed by atoms with Gasteiger partial charge in [-0.05, 0) is 49.1 Å². The van der Waals surface area contributed by atoms with Crippen LogP contribution in [0.4, 0.5) is 5.69 Å². The molecule has 1 amide bonds. The highest BCUT2D eigenvalue weighted by atomic mass is 35.5. The van der Waals surface area contributed by atoms with E-state index in [-0.39, 0.29) is 28.5 Å². The van der Waals surface area contributed by atoms with Crippen LogP contribution in [-0.4, -0.2) is 40.1 Å². The molecule has 1 N–H and O–H groups in total. The monoisotopic (exact) mass is 420 g/mol. The number of ether oxygens (including phenoxy) is 1. The van der Waals surface area contributed by atoms with Crippen molar-refractivity contribution in [1.82, 2.24) is 4.72 Å². The van der Waals surface area contributed by atoms with Crippen molar-refractivity contribution in [2.45, 2.75) is 30.3 Å². The second kappa shape index (κ2) is 7.83. The lowest BCUT2D eigenvalue weighted by Crippen LogP contribution is -2.32. The summed E-state index contributed by atoms with van der Waals surface area (Å²) in [4.78, 5) is 14.6. The maximum absolute atomic E-state index is 13.0. The summed E-state index contributed by atoms with van der Waals surface area (Å²) in [6.45, 7) is 1.41. The molecule has 1 saturated heterocycles. The van der Waals surface area contributed by atoms with E-state index in [0.717, 1.165) is 30.5 Å². The number of hydrogen-bond donors (Lipinski definition) is 1. The molecule has 2 aliphatic heterocycles. The zero-order valence-electron chi connectivity index (χ0n) is 15.2. The molecule has 0 unspecified atom stereocenters. The topological polar surface area (TPSA) is 75.7 Å². The highest BCUT2D eigenvalue weighted by molar-refractivity contribution is 7.89. The number of nitrogens with zero attached hydrogens (tertiary/aromatic N) is 1. The van der Waals surface area contributed by atoms with Crippen molar-refractivity contribution in [2.24, 2.45) is 0 Å². The second-order valence-corrected chi connectivity index (χ2v) is 9.11. The molecule has 1 fully saturated rings. The van der Waals surface area contributed by atoms with E-state index in [1.807, 2.05) is 24.3 Å². The maximum atomic E-state index is 13.0. The van der Waals surface area contributed by atoms with Gasteiger partial charge in [-0.25, -0.2) is 13.1 Å². The number of hydrogen-bond acceptors (Lipinski definition) is 4. The van der Waals surface area contributed by atoms with E-state index in [1.54, 1.807) is 11.0 Å². The van der Waals surface area contributed by atoms with E-state index < -0.39 is 10.0 Å². The molecule has 4 rings (SSSR count). The van der Waals surface area contributed by atoms with Gasteiger partial charge in [-0.3, -0.25) is 4.79 Å². The van der Waals surface area contributed by atoms with Crippen molar-refractivity contribution < 1.29 is 17.9 Å². The highest BCUT2D eigenvalue weighted by Crippen LogP contribution is 2.30. The average Bonchev–Trinajstić information content (AvgIpc) is 3.36. The van der Waals surface area contributed by atoms with Crippen LogP contribution in [0.15, 0.2) is 47.4 Å². The second-order valence-electron chi connectivity index (χ2n) is 6.97. The van der Waals surface area contributed by atoms with Gasteiger partial charge in [0.05, 0.1) is 11.1 Å². The summed E-state index contributed by atoms with van der Waals surface area (Å²) in [5.74, 6) is -0.239. The number of amides is 1. The lowest BCUT2D eigenvalue weighted by molar-refractivity contribution is 0.0989. The predicted molar refractivity (Wildman–Crippen MR) is 107 cm³/mol. The number of fused-ring (bicyclic) bond motifs is 1. The van der Waals surface area contributed by atoms with Gasteiger partial charge in [-0.15, -0.1) is 0 Å². The third kappa shape index (κ3) is 3.80. The zero-order valence-corrected chi connectivity index (χ0v) is 16.8. The van der Waals surface area contributed by atoms with E-state index in [9.17, 15) is 13.2 Å². The van der Waals surface area contributed by atoms with Crippen molar-refractivity contribution in [3.05, 3.63) is 58.6 Å². The number of benzene rings is 2. The molecular weight excluding hydrogens is 400 g/mol. The van der Waals surface area contributed by atoms with E-state index in [2.05, 4.69) is 4.72 Å². The molecular formula is C20H21ClN2O4S. The fourth-order valence-electron chi connectivity index (χ4n) is 3.63. The van der Waals surface area contributed by atoms with Gasteiger partial charge in [-0.1, -0.05) is 29.8 Å². The average molecular weight is 421 g/mol. The van der Waals surface area contributed by atoms with Crippen LogP contribution >= 0.6 is 11.6 Å². The zero-order chi connectivity index (χ0) is 19.7. The van der Waals surface area contributed by atoms with E-state index >= 15 is 0 Å². The number of sulfonamides is 1. The Balaban J connectivity index is 1.57. The lowest BCUT2D eigenvalue weighted by Gasteiger charge is -2.18. The van der Waals surface area contributed by atoms with Gasteiger partial charge in [0.2, 0.25) is 10.0 Å². The summed E-state index contributed by atoms with van der Waals surface area (Å²) < 4.78 is 33.5. The Bertz CT molecular complexity index is 1000. The molecule has 6 nitrogen and oxygen atoms in total. The van der Waals surface area contributed by atoms with Crippen LogP contribution in [0, 0.1) is 0 Å². The Hall–Kier alpha value is -1.93. The summed E-state index contributed by atoms with van der Waals surface area (Å²) in [6, 6.07) is 12.1. The van der Waals surface area contributed by atoms with E-state index in [4.69, 9.17) is 16.3 Å². The van der Waals surface area contributed by atoms with Gasteiger partial charge in [0, 0.05) is 30.9 Å². The minimum Gasteiger partial charge on any atom is -0.377 e. The van der Waals surface area contributed by atoms with Crippen molar-refractivity contribution in [3.63, 3.8) is 0 Å². The maximum Gasteiger partial charge on any atom is 0.258 e. The fraction of sp³-hybridized carbons (Fsp3) is 0.350. The molecule has 2 aliphatic rings. The molecule has 2 aromatic rings. The van der Waals surface area contributed by atoms with Gasteiger partial charge in [0.1, 0.15) is 4.90 Å². The minimum atomic E-state index is -3.85. The Labute approximate surface area is 169 Å². The largest absolute Gasteiger partial charge is 0.377 e. The lowest BCUT2D eigenvalue weighted by atomic mass is 10.1. The summed E-state index contributed by atoms with van der Waals surface area (Å²) in [5.41, 5.74) is 2.26. The van der Waals surface area contributed by atoms with Crippen LogP contribution in [0.2, 0.25) is 5.02 Å². The summed E-state index contributed by atoms with van der Waals surface area (Å²) >= 11 is 6.15. The number of rotatable bonds is 5. The first-order valence-corrected chi connectivity index (χ1v) is 11.1. The summed E-state index contributed by atoms with van der Waals surface area (Å²) in [6.07, 6.45) is 2.40.